The van der Waals surface area contributed by atoms with Crippen LogP contribution in [0.25, 0.3) is 0 Å². The Balaban J connectivity index is 0.000000813. The van der Waals surface area contributed by atoms with Crippen LogP contribution in [0.15, 0.2) is 174 Å². The van der Waals surface area contributed by atoms with Gasteiger partial charge in [-0.2, -0.15) is 0 Å². The summed E-state index contributed by atoms with van der Waals surface area (Å²) in [5.74, 6) is 1.41. The molecule has 0 saturated carbocycles. The van der Waals surface area contributed by atoms with Crippen LogP contribution in [0, 0.1) is 70.8 Å². The first-order chi connectivity index (χ1) is 63.6. The molecule has 1 atom stereocenters. The number of rotatable bonds is 20. The van der Waals surface area contributed by atoms with Crippen LogP contribution >= 0.6 is 0 Å². The Hall–Kier alpha value is -8.08. The van der Waals surface area contributed by atoms with Crippen LogP contribution < -0.4 is 10.1 Å². The Kier molecular flexibility index (Phi) is 50.2. The maximum Gasteiger partial charge on any atom is 0.253 e. The molecule has 0 saturated heterocycles. The summed E-state index contributed by atoms with van der Waals surface area (Å²) >= 11 is 0. The zero-order valence-corrected chi connectivity index (χ0v) is 101. The number of hydrogen-bond donors (Lipinski definition) is 1. The fraction of sp³-hybridized carbons (Fsp3) is 0.627. The number of amides is 2. The summed E-state index contributed by atoms with van der Waals surface area (Å²) in [4.78, 5) is 57.2. The van der Waals surface area contributed by atoms with Crippen LogP contribution in [0.1, 0.15) is 439 Å². The van der Waals surface area contributed by atoms with E-state index in [1.165, 1.54) is 33.9 Å². The van der Waals surface area contributed by atoms with Crippen molar-refractivity contribution in [1.82, 2.24) is 30.2 Å². The van der Waals surface area contributed by atoms with Crippen molar-refractivity contribution in [2.75, 3.05) is 26.7 Å². The largest absolute Gasteiger partial charge is 0.490 e. The van der Waals surface area contributed by atoms with Crippen molar-refractivity contribution in [1.29, 1.82) is 0 Å². The van der Waals surface area contributed by atoms with Crippen LogP contribution in [-0.2, 0) is 82.8 Å². The first-order valence-corrected chi connectivity index (χ1v) is 54.5. The highest BCUT2D eigenvalue weighted by Gasteiger charge is 2.32. The zero-order chi connectivity index (χ0) is 110. The molecule has 6 aromatic carbocycles. The maximum absolute atomic E-state index is 13.7. The van der Waals surface area contributed by atoms with Gasteiger partial charge in [-0.1, -0.05) is 370 Å². The van der Waals surface area contributed by atoms with E-state index in [4.69, 9.17) is 4.74 Å². The maximum atomic E-state index is 13.7. The van der Waals surface area contributed by atoms with Gasteiger partial charge in [-0.15, -0.1) is 0 Å². The van der Waals surface area contributed by atoms with E-state index in [1.54, 1.807) is 39.2 Å². The molecule has 2 heterocycles. The third-order valence-electron chi connectivity index (χ3n) is 21.6. The first-order valence-electron chi connectivity index (χ1n) is 51.9. The van der Waals surface area contributed by atoms with Gasteiger partial charge in [0.15, 0.2) is 27.2 Å². The summed E-state index contributed by atoms with van der Waals surface area (Å²) in [6.45, 7) is 105. The van der Waals surface area contributed by atoms with E-state index in [1.807, 2.05) is 139 Å². The minimum atomic E-state index is -3.24. The molecule has 798 valence electrons. The van der Waals surface area contributed by atoms with Gasteiger partial charge in [0, 0.05) is 92.4 Å². The number of carbonyl (C=O) groups is 3. The van der Waals surface area contributed by atoms with Gasteiger partial charge < -0.3 is 15.0 Å². The molecule has 0 fully saturated rings. The van der Waals surface area contributed by atoms with Gasteiger partial charge in [0.05, 0.1) is 27.0 Å². The normalized spacial score (nSPS) is 13.0. The molecule has 0 radical (unpaired) electrons. The molecular weight excluding hydrogens is 1790 g/mol. The SMILES string of the molecule is CC(C)(C)CCNC(=O)c1ccc(CC(C)(C)C)cc1.CC(C)(C)CCOc1cc(CC(C)(C)C)ccc1F.CC(C)(C)Cc1cc(C(C)(C)C)ncn1.CC(C)(C)Cc1ccc(C(=O)C(C)(C)C)cc1.CC(C)(C)Cc1ccc(S(=O)(=O)C(C)(C)C)cc1.CC(C)(C)Cc1ccc(S(=O)C(C)(C)C)cc1.CC(C)(C)Cc1nccc(C(C)(C)C)n1.CN(CCC(C)(C)C)C(=O)c1ccc(CC(C)(C)C)cc1. The molecular formula is C126H203FN6O7S2. The van der Waals surface area contributed by atoms with E-state index in [0.717, 1.165) is 134 Å². The molecule has 2 amide bonds. The van der Waals surface area contributed by atoms with Gasteiger partial charge in [-0.3, -0.25) is 18.6 Å². The van der Waals surface area contributed by atoms with Crippen molar-refractivity contribution < 1.29 is 36.1 Å². The average molecular weight is 2000 g/mol. The van der Waals surface area contributed by atoms with Crippen molar-refractivity contribution >= 4 is 38.2 Å². The Morgan fingerprint density at radius 2 is 0.725 bits per heavy atom. The van der Waals surface area contributed by atoms with E-state index in [9.17, 15) is 31.4 Å². The Morgan fingerprint density at radius 1 is 0.373 bits per heavy atom. The predicted molar refractivity (Wildman–Crippen MR) is 609 cm³/mol. The lowest BCUT2D eigenvalue weighted by Gasteiger charge is -2.24. The number of halogens is 1. The van der Waals surface area contributed by atoms with Gasteiger partial charge in [-0.05, 0) is 271 Å². The van der Waals surface area contributed by atoms with Crippen LogP contribution in [0.5, 0.6) is 5.75 Å². The van der Waals surface area contributed by atoms with Crippen LogP contribution in [-0.4, -0.2) is 91.3 Å². The number of nitrogens with one attached hydrogen (secondary N) is 1. The molecule has 8 rings (SSSR count). The minimum Gasteiger partial charge on any atom is -0.490 e. The molecule has 2 aromatic heterocycles. The van der Waals surface area contributed by atoms with E-state index < -0.39 is 25.4 Å². The molecule has 0 bridgehead atoms. The Labute approximate surface area is 872 Å². The van der Waals surface area contributed by atoms with Crippen molar-refractivity contribution in [3.63, 3.8) is 0 Å². The molecule has 13 nitrogen and oxygen atoms in total. The molecule has 8 aromatic rings. The molecule has 1 N–H and O–H groups in total. The summed E-state index contributed by atoms with van der Waals surface area (Å²) in [5, 5.41) is 2.98. The Morgan fingerprint density at radius 3 is 1.08 bits per heavy atom. The number of carbonyl (C=O) groups excluding carboxylic acids is 3. The first kappa shape index (κ1) is 132. The molecule has 0 aliphatic carbocycles. The third kappa shape index (κ3) is 60.1. The number of benzene rings is 6. The van der Waals surface area contributed by atoms with Gasteiger partial charge in [0.1, 0.15) is 12.2 Å². The van der Waals surface area contributed by atoms with Crippen molar-refractivity contribution in [2.24, 2.45) is 65.0 Å². The second-order valence-electron chi connectivity index (χ2n) is 57.6. The number of nitrogens with zero attached hydrogens (tertiary/aromatic N) is 5. The third-order valence-corrected chi connectivity index (χ3v) is 25.9. The number of ketones is 1. The van der Waals surface area contributed by atoms with Gasteiger partial charge >= 0.3 is 0 Å². The number of hydrogen-bond acceptors (Lipinski definition) is 11. The van der Waals surface area contributed by atoms with Crippen molar-refractivity contribution in [3.05, 3.63) is 243 Å². The fourth-order valence-corrected chi connectivity index (χ4v) is 16.5. The molecule has 0 aliphatic heterocycles. The summed E-state index contributed by atoms with van der Waals surface area (Å²) in [5.41, 5.74) is 15.9. The number of aromatic nitrogens is 4. The Bertz CT molecular complexity index is 5080. The summed E-state index contributed by atoms with van der Waals surface area (Å²) in [7, 11) is -2.28. The monoisotopic (exact) mass is 2000 g/mol. The zero-order valence-electron chi connectivity index (χ0n) is 99.3. The quantitative estimate of drug-likeness (QED) is 0.0718. The number of sulfone groups is 1. The van der Waals surface area contributed by atoms with Gasteiger partial charge in [-0.25, -0.2) is 32.7 Å². The predicted octanol–water partition coefficient (Wildman–Crippen LogP) is 33.7. The van der Waals surface area contributed by atoms with Crippen LogP contribution in [0.3, 0.4) is 0 Å². The average Bonchev–Trinajstić information content (AvgIpc) is 0.791. The minimum absolute atomic E-state index is 0.0246. The van der Waals surface area contributed by atoms with Crippen LogP contribution in [0.4, 0.5) is 4.39 Å². The van der Waals surface area contributed by atoms with E-state index in [0.29, 0.717) is 22.7 Å². The lowest BCUT2D eigenvalue weighted by Crippen LogP contribution is -2.30. The fourth-order valence-electron chi connectivity index (χ4n) is 14.2. The summed E-state index contributed by atoms with van der Waals surface area (Å²) in [6, 6.07) is 48.9. The molecule has 0 spiro atoms. The highest BCUT2D eigenvalue weighted by Crippen LogP contribution is 2.35. The van der Waals surface area contributed by atoms with Crippen molar-refractivity contribution in [3.8, 4) is 5.75 Å². The highest BCUT2D eigenvalue weighted by atomic mass is 32.2. The van der Waals surface area contributed by atoms with Crippen molar-refractivity contribution in [2.45, 2.75) is 433 Å². The molecule has 1 unspecified atom stereocenters. The van der Waals surface area contributed by atoms with Gasteiger partial charge in [0.25, 0.3) is 11.8 Å². The van der Waals surface area contributed by atoms with Gasteiger partial charge in [0.2, 0.25) is 0 Å². The second-order valence-corrected chi connectivity index (χ2v) is 62.6. The molecule has 0 aliphatic rings. The number of Topliss-reactive ketones (excluding diaryl/α,β-unsaturated/α-hetero) is 1. The molecule has 16 heteroatoms. The lowest BCUT2D eigenvalue weighted by atomic mass is 9.84. The van der Waals surface area contributed by atoms with E-state index in [-0.39, 0.29) is 98.6 Å². The molecule has 142 heavy (non-hydrogen) atoms. The number of ether oxygens (including phenoxy) is 1. The smallest absolute Gasteiger partial charge is 0.253 e. The highest BCUT2D eigenvalue weighted by molar-refractivity contribution is 7.92. The van der Waals surface area contributed by atoms with Crippen LogP contribution in [0.2, 0.25) is 0 Å². The standard InChI is InChI=1S/C19H31NO.C18H29NO.C17H27FO.C16H24O.C15H24O2S.C15H24OS.2C13H22N2/c1-18(2,3)12-13-20(7)17(21)16-10-8-15(9-11-16)14-19(4,5)6;1-17(2,3)11-12-19-16(20)15-9-7-14(8-10-15)13-18(4,5)6;1-16(2,3)9-10-19-15-11-13(7-8-14(15)18)12-17(4,5)6;1-15(2,3)11-12-7-9-13(10-8-12)14(17)16(4,5)6;1-14(2,3)11-12-7-9-13(10-8-12)18(16,17)15(4,5)6;1-14(2,3)11-12-7-9-13(10-8-12)17(16)15(4,5)6;1-12(2,3)8-10-7-11(13(4,5)6)15-9-14-10;1-12(2,3)9-11-14-8-7-10(15-11)13(4,5)6/h8-11H,12-14H2,1-7H3;7-10H,11-13H2,1-6H3,(H,19,20);7-8,11H,9-10,12H2,1-6H3;7-10H,11H2,1-6H3;7-10H,11H2,1-6H3;7-10H,11H2,1-6H3;7,9H,8H2,1-6H3;7-8H,9H2,1-6H3. The van der Waals surface area contributed by atoms with E-state index >= 15 is 0 Å². The summed E-state index contributed by atoms with van der Waals surface area (Å²) in [6.07, 6.45) is 14.4. The van der Waals surface area contributed by atoms with E-state index in [2.05, 4.69) is 350 Å². The topological polar surface area (TPSA) is 178 Å². The second kappa shape index (κ2) is 54.0. The summed E-state index contributed by atoms with van der Waals surface area (Å²) < 4.78 is 55.0. The lowest BCUT2D eigenvalue weighted by molar-refractivity contribution is 0.0779.